The van der Waals surface area contributed by atoms with E-state index in [0.29, 0.717) is 6.54 Å². The molecule has 0 unspecified atom stereocenters. The minimum absolute atomic E-state index is 0.182. The average molecular weight is 267 g/mol. The number of nitrogens with two attached hydrogens (primary N) is 1. The highest BCUT2D eigenvalue weighted by Gasteiger charge is 2.07. The Kier molecular flexibility index (Phi) is 4.42. The third kappa shape index (κ3) is 3.13. The quantitative estimate of drug-likeness (QED) is 0.813. The van der Waals surface area contributed by atoms with Gasteiger partial charge in [0.15, 0.2) is 5.76 Å². The highest BCUT2D eigenvalue weighted by Crippen LogP contribution is 2.26. The van der Waals surface area contributed by atoms with Gasteiger partial charge in [0.25, 0.3) is 0 Å². The Hall–Kier alpha value is -1.29. The van der Waals surface area contributed by atoms with E-state index >= 15 is 0 Å². The lowest BCUT2D eigenvalue weighted by Crippen LogP contribution is -2.83. The fourth-order valence-electron chi connectivity index (χ4n) is 1.72. The summed E-state index contributed by atoms with van der Waals surface area (Å²) in [5.74, 6) is 1.72. The van der Waals surface area contributed by atoms with E-state index in [4.69, 9.17) is 21.1 Å². The Bertz CT molecular complexity index is 522. The van der Waals surface area contributed by atoms with E-state index in [1.165, 1.54) is 0 Å². The van der Waals surface area contributed by atoms with Crippen molar-refractivity contribution < 1.29 is 14.8 Å². The number of quaternary nitrogens is 1. The number of rotatable bonds is 5. The summed E-state index contributed by atoms with van der Waals surface area (Å²) in [6.07, 6.45) is 0. The number of halogens is 1. The van der Waals surface area contributed by atoms with Crippen molar-refractivity contribution >= 4 is 11.6 Å². The monoisotopic (exact) mass is 266 g/mol. The molecule has 96 valence electrons. The van der Waals surface area contributed by atoms with Gasteiger partial charge in [0.2, 0.25) is 0 Å². The summed E-state index contributed by atoms with van der Waals surface area (Å²) in [6.45, 7) is 3.58. The molecular weight excluding hydrogens is 250 g/mol. The van der Waals surface area contributed by atoms with Crippen LogP contribution in [0.3, 0.4) is 0 Å². The van der Waals surface area contributed by atoms with Gasteiger partial charge >= 0.3 is 0 Å². The molecular formula is C14H17ClNO2+. The highest BCUT2D eigenvalue weighted by atomic mass is 35.5. The Labute approximate surface area is 111 Å². The topological polar surface area (TPSA) is 50.0 Å². The smallest absolute Gasteiger partial charge is 0.158 e. The van der Waals surface area contributed by atoms with Crippen LogP contribution in [0.25, 0.3) is 11.3 Å². The van der Waals surface area contributed by atoms with Crippen LogP contribution in [0, 0.1) is 6.92 Å². The summed E-state index contributed by atoms with van der Waals surface area (Å²) in [7, 11) is 0. The van der Waals surface area contributed by atoms with Crippen LogP contribution in [0.15, 0.2) is 34.7 Å². The Morgan fingerprint density at radius 1 is 1.28 bits per heavy atom. The lowest BCUT2D eigenvalue weighted by Gasteiger charge is -2.01. The summed E-state index contributed by atoms with van der Waals surface area (Å²) < 4.78 is 5.74. The molecule has 0 saturated heterocycles. The predicted molar refractivity (Wildman–Crippen MR) is 71.5 cm³/mol. The maximum Gasteiger partial charge on any atom is 0.158 e. The maximum atomic E-state index is 8.71. The van der Waals surface area contributed by atoms with Crippen LogP contribution in [0.2, 0.25) is 5.02 Å². The molecule has 2 aromatic rings. The second kappa shape index (κ2) is 6.05. The van der Waals surface area contributed by atoms with Crippen molar-refractivity contribution in [3.05, 3.63) is 46.7 Å². The third-order valence-electron chi connectivity index (χ3n) is 2.80. The van der Waals surface area contributed by atoms with Gasteiger partial charge in [0, 0.05) is 10.6 Å². The maximum absolute atomic E-state index is 8.71. The molecule has 0 aliphatic carbocycles. The molecule has 1 heterocycles. The standard InChI is InChI=1S/C14H16ClNO2/c1-10-2-3-11(8-13(10)15)14-5-4-12(18-14)9-16-6-7-17/h2-5,8,16-17H,6-7,9H2,1H3/p+1. The second-order valence-corrected chi connectivity index (χ2v) is 4.64. The van der Waals surface area contributed by atoms with E-state index < -0.39 is 0 Å². The van der Waals surface area contributed by atoms with Crippen molar-refractivity contribution in [2.75, 3.05) is 13.2 Å². The van der Waals surface area contributed by atoms with Crippen molar-refractivity contribution in [2.45, 2.75) is 13.5 Å². The summed E-state index contributed by atoms with van der Waals surface area (Å²) >= 11 is 6.10. The van der Waals surface area contributed by atoms with E-state index in [-0.39, 0.29) is 6.61 Å². The van der Waals surface area contributed by atoms with Crippen LogP contribution in [-0.4, -0.2) is 18.3 Å². The van der Waals surface area contributed by atoms with Gasteiger partial charge in [-0.2, -0.15) is 0 Å². The minimum Gasteiger partial charge on any atom is -0.455 e. The SMILES string of the molecule is Cc1ccc(-c2ccc(C[NH2+]CCO)o2)cc1Cl. The number of aryl methyl sites for hydroxylation is 1. The summed E-state index contributed by atoms with van der Waals surface area (Å²) in [5, 5.41) is 11.5. The lowest BCUT2D eigenvalue weighted by molar-refractivity contribution is -0.673. The summed E-state index contributed by atoms with van der Waals surface area (Å²) in [6, 6.07) is 9.80. The van der Waals surface area contributed by atoms with Crippen LogP contribution < -0.4 is 5.32 Å². The number of aliphatic hydroxyl groups excluding tert-OH is 1. The van der Waals surface area contributed by atoms with Crippen LogP contribution in [0.5, 0.6) is 0 Å². The van der Waals surface area contributed by atoms with E-state index in [2.05, 4.69) is 0 Å². The van der Waals surface area contributed by atoms with Gasteiger partial charge in [0.05, 0.1) is 13.2 Å². The molecule has 0 amide bonds. The first-order valence-electron chi connectivity index (χ1n) is 5.98. The molecule has 1 aromatic heterocycles. The molecule has 0 fully saturated rings. The van der Waals surface area contributed by atoms with E-state index in [9.17, 15) is 0 Å². The van der Waals surface area contributed by atoms with Gasteiger partial charge in [-0.1, -0.05) is 23.7 Å². The number of hydrogen-bond acceptors (Lipinski definition) is 2. The van der Waals surface area contributed by atoms with Crippen molar-refractivity contribution in [3.63, 3.8) is 0 Å². The fraction of sp³-hybridized carbons (Fsp3) is 0.286. The predicted octanol–water partition coefficient (Wildman–Crippen LogP) is 1.96. The van der Waals surface area contributed by atoms with Gasteiger partial charge in [-0.05, 0) is 30.7 Å². The number of benzene rings is 1. The molecule has 0 atom stereocenters. The van der Waals surface area contributed by atoms with Crippen molar-refractivity contribution in [2.24, 2.45) is 0 Å². The normalized spacial score (nSPS) is 10.8. The summed E-state index contributed by atoms with van der Waals surface area (Å²) in [4.78, 5) is 0. The first-order valence-corrected chi connectivity index (χ1v) is 6.36. The second-order valence-electron chi connectivity index (χ2n) is 4.24. The lowest BCUT2D eigenvalue weighted by atomic mass is 10.1. The largest absolute Gasteiger partial charge is 0.455 e. The number of hydrogen-bond donors (Lipinski definition) is 2. The molecule has 2 rings (SSSR count). The van der Waals surface area contributed by atoms with Crippen LogP contribution >= 0.6 is 11.6 Å². The first kappa shape index (κ1) is 13.1. The van der Waals surface area contributed by atoms with Gasteiger partial charge in [-0.3, -0.25) is 0 Å². The first-order chi connectivity index (χ1) is 8.70. The van der Waals surface area contributed by atoms with E-state index in [1.807, 2.05) is 42.6 Å². The average Bonchev–Trinajstić information content (AvgIpc) is 2.82. The van der Waals surface area contributed by atoms with Gasteiger partial charge in [0.1, 0.15) is 12.3 Å². The van der Waals surface area contributed by atoms with Crippen LogP contribution in [0.1, 0.15) is 11.3 Å². The van der Waals surface area contributed by atoms with Crippen LogP contribution in [0.4, 0.5) is 0 Å². The molecule has 3 N–H and O–H groups in total. The third-order valence-corrected chi connectivity index (χ3v) is 3.20. The van der Waals surface area contributed by atoms with E-state index in [0.717, 1.165) is 34.2 Å². The molecule has 18 heavy (non-hydrogen) atoms. The zero-order valence-corrected chi connectivity index (χ0v) is 11.1. The van der Waals surface area contributed by atoms with E-state index in [1.54, 1.807) is 0 Å². The molecule has 4 heteroatoms. The molecule has 0 bridgehead atoms. The van der Waals surface area contributed by atoms with Gasteiger partial charge < -0.3 is 14.8 Å². The molecule has 1 aromatic carbocycles. The number of aliphatic hydroxyl groups is 1. The minimum atomic E-state index is 0.182. The van der Waals surface area contributed by atoms with Gasteiger partial charge in [-0.25, -0.2) is 0 Å². The Morgan fingerprint density at radius 3 is 2.83 bits per heavy atom. The van der Waals surface area contributed by atoms with Crippen molar-refractivity contribution in [3.8, 4) is 11.3 Å². The zero-order chi connectivity index (χ0) is 13.0. The van der Waals surface area contributed by atoms with Crippen LogP contribution in [-0.2, 0) is 6.54 Å². The fourth-order valence-corrected chi connectivity index (χ4v) is 1.91. The van der Waals surface area contributed by atoms with Crippen molar-refractivity contribution in [1.29, 1.82) is 0 Å². The number of furan rings is 1. The van der Waals surface area contributed by atoms with Gasteiger partial charge in [-0.15, -0.1) is 0 Å². The molecule has 0 aliphatic heterocycles. The summed E-state index contributed by atoms with van der Waals surface area (Å²) in [5.41, 5.74) is 2.04. The Morgan fingerprint density at radius 2 is 2.11 bits per heavy atom. The Balaban J connectivity index is 2.11. The van der Waals surface area contributed by atoms with Crippen molar-refractivity contribution in [1.82, 2.24) is 0 Å². The molecule has 0 aliphatic rings. The highest BCUT2D eigenvalue weighted by molar-refractivity contribution is 6.31. The zero-order valence-electron chi connectivity index (χ0n) is 10.3. The molecule has 0 saturated carbocycles. The molecule has 0 radical (unpaired) electrons. The molecule has 0 spiro atoms. The molecule has 3 nitrogen and oxygen atoms in total.